The van der Waals surface area contributed by atoms with Crippen molar-refractivity contribution in [2.45, 2.75) is 6.61 Å². The minimum absolute atomic E-state index is 0.0568. The highest BCUT2D eigenvalue weighted by Gasteiger charge is 2.22. The second-order valence-corrected chi connectivity index (χ2v) is 6.42. The van der Waals surface area contributed by atoms with Crippen LogP contribution >= 0.6 is 0 Å². The number of hydrogen-bond acceptors (Lipinski definition) is 4. The summed E-state index contributed by atoms with van der Waals surface area (Å²) < 4.78 is 30.0. The minimum Gasteiger partial charge on any atom is -0.497 e. The van der Waals surface area contributed by atoms with Crippen LogP contribution in [0.2, 0.25) is 0 Å². The topological polar surface area (TPSA) is 68.9 Å². The van der Waals surface area contributed by atoms with Crippen LogP contribution in [0, 0.1) is 5.82 Å². The van der Waals surface area contributed by atoms with Crippen molar-refractivity contribution in [3.8, 4) is 22.8 Å². The number of rotatable bonds is 6. The van der Waals surface area contributed by atoms with Gasteiger partial charge in [-0.2, -0.15) is 0 Å². The number of benzene rings is 3. The van der Waals surface area contributed by atoms with Gasteiger partial charge in [0, 0.05) is 10.9 Å². The molecule has 0 saturated carbocycles. The van der Waals surface area contributed by atoms with Crippen LogP contribution in [0.15, 0.2) is 71.1 Å². The molecule has 4 aromatic rings. The smallest absolute Gasteiger partial charge is 0.340 e. The first-order chi connectivity index (χ1) is 14.0. The number of fused-ring (bicyclic) bond motifs is 1. The summed E-state index contributed by atoms with van der Waals surface area (Å²) in [4.78, 5) is 12.0. The van der Waals surface area contributed by atoms with Gasteiger partial charge in [0.2, 0.25) is 0 Å². The van der Waals surface area contributed by atoms with Crippen LogP contribution in [0.5, 0.6) is 11.5 Å². The maximum absolute atomic E-state index is 13.3. The maximum Gasteiger partial charge on any atom is 0.340 e. The van der Waals surface area contributed by atoms with E-state index in [4.69, 9.17) is 13.9 Å². The van der Waals surface area contributed by atoms with Crippen molar-refractivity contribution in [1.82, 2.24) is 0 Å². The molecule has 0 fully saturated rings. The van der Waals surface area contributed by atoms with Crippen molar-refractivity contribution < 1.29 is 28.2 Å². The highest BCUT2D eigenvalue weighted by Crippen LogP contribution is 2.36. The molecule has 1 N–H and O–H groups in total. The van der Waals surface area contributed by atoms with E-state index in [0.29, 0.717) is 33.6 Å². The Hall–Kier alpha value is -3.80. The number of carboxylic acid groups (broad SMARTS) is 1. The largest absolute Gasteiger partial charge is 0.497 e. The second-order valence-electron chi connectivity index (χ2n) is 6.42. The van der Waals surface area contributed by atoms with Crippen LogP contribution in [0.4, 0.5) is 4.39 Å². The highest BCUT2D eigenvalue weighted by atomic mass is 19.1. The number of aromatic carboxylic acids is 1. The molecule has 0 bridgehead atoms. The van der Waals surface area contributed by atoms with Gasteiger partial charge in [-0.3, -0.25) is 0 Å². The average molecular weight is 392 g/mol. The Labute approximate surface area is 165 Å². The quantitative estimate of drug-likeness (QED) is 0.468. The Morgan fingerprint density at radius 2 is 1.79 bits per heavy atom. The lowest BCUT2D eigenvalue weighted by Crippen LogP contribution is -1.98. The molecule has 0 amide bonds. The van der Waals surface area contributed by atoms with Crippen LogP contribution in [0.25, 0.3) is 22.3 Å². The zero-order chi connectivity index (χ0) is 20.4. The summed E-state index contributed by atoms with van der Waals surface area (Å²) >= 11 is 0. The number of methoxy groups -OCH3 is 1. The highest BCUT2D eigenvalue weighted by molar-refractivity contribution is 6.08. The lowest BCUT2D eigenvalue weighted by molar-refractivity contribution is 0.0699. The van der Waals surface area contributed by atoms with E-state index in [9.17, 15) is 14.3 Å². The molecule has 6 heteroatoms. The summed E-state index contributed by atoms with van der Waals surface area (Å²) in [5.41, 5.74) is 1.80. The molecule has 0 radical (unpaired) electrons. The van der Waals surface area contributed by atoms with E-state index < -0.39 is 5.97 Å². The van der Waals surface area contributed by atoms with Gasteiger partial charge in [-0.25, -0.2) is 9.18 Å². The summed E-state index contributed by atoms with van der Waals surface area (Å²) in [5.74, 6) is -0.0518. The van der Waals surface area contributed by atoms with Crippen molar-refractivity contribution in [3.63, 3.8) is 0 Å². The molecule has 0 spiro atoms. The van der Waals surface area contributed by atoms with E-state index in [0.717, 1.165) is 0 Å². The number of ether oxygens (including phenoxy) is 2. The molecule has 3 aromatic carbocycles. The Bertz CT molecular complexity index is 1180. The summed E-state index contributed by atoms with van der Waals surface area (Å²) in [6, 6.07) is 18.0. The third-order valence-corrected chi connectivity index (χ3v) is 4.52. The molecular weight excluding hydrogens is 375 g/mol. The van der Waals surface area contributed by atoms with Gasteiger partial charge in [-0.1, -0.05) is 12.1 Å². The summed E-state index contributed by atoms with van der Waals surface area (Å²) in [6.07, 6.45) is 0. The molecule has 4 rings (SSSR count). The van der Waals surface area contributed by atoms with Crippen LogP contribution < -0.4 is 9.47 Å². The predicted octanol–water partition coefficient (Wildman–Crippen LogP) is 5.52. The summed E-state index contributed by atoms with van der Waals surface area (Å²) in [7, 11) is 1.56. The lowest BCUT2D eigenvalue weighted by Gasteiger charge is -2.06. The molecule has 0 unspecified atom stereocenters. The van der Waals surface area contributed by atoms with Gasteiger partial charge in [0.25, 0.3) is 0 Å². The summed E-state index contributed by atoms with van der Waals surface area (Å²) in [6.45, 7) is 0.162. The molecule has 0 aliphatic carbocycles. The van der Waals surface area contributed by atoms with Gasteiger partial charge >= 0.3 is 5.97 Å². The van der Waals surface area contributed by atoms with Crippen LogP contribution in [0.1, 0.15) is 15.9 Å². The number of hydrogen-bond donors (Lipinski definition) is 1. The van der Waals surface area contributed by atoms with Crippen molar-refractivity contribution in [2.24, 2.45) is 0 Å². The van der Waals surface area contributed by atoms with Crippen LogP contribution in [0.3, 0.4) is 0 Å². The molecule has 0 aliphatic rings. The normalized spacial score (nSPS) is 10.8. The maximum atomic E-state index is 13.3. The van der Waals surface area contributed by atoms with Gasteiger partial charge in [0.05, 0.1) is 7.11 Å². The van der Waals surface area contributed by atoms with E-state index in [-0.39, 0.29) is 23.7 Å². The number of furan rings is 1. The first-order valence-corrected chi connectivity index (χ1v) is 8.86. The first kappa shape index (κ1) is 18.6. The van der Waals surface area contributed by atoms with Crippen LogP contribution in [-0.4, -0.2) is 18.2 Å². The van der Waals surface area contributed by atoms with Crippen LogP contribution in [-0.2, 0) is 6.61 Å². The Kier molecular flexibility index (Phi) is 4.91. The van der Waals surface area contributed by atoms with E-state index in [1.807, 2.05) is 0 Å². The zero-order valence-corrected chi connectivity index (χ0v) is 15.5. The van der Waals surface area contributed by atoms with Gasteiger partial charge in [0.1, 0.15) is 40.8 Å². The van der Waals surface area contributed by atoms with Gasteiger partial charge in [0.15, 0.2) is 0 Å². The van der Waals surface area contributed by atoms with Crippen molar-refractivity contribution >= 4 is 16.9 Å². The summed E-state index contributed by atoms with van der Waals surface area (Å²) in [5, 5.41) is 10.2. The Morgan fingerprint density at radius 1 is 1.03 bits per heavy atom. The first-order valence-electron chi connectivity index (χ1n) is 8.86. The van der Waals surface area contributed by atoms with Crippen molar-refractivity contribution in [3.05, 3.63) is 83.7 Å². The predicted molar refractivity (Wildman–Crippen MR) is 106 cm³/mol. The Morgan fingerprint density at radius 3 is 2.48 bits per heavy atom. The number of carboxylic acids is 1. The third-order valence-electron chi connectivity index (χ3n) is 4.52. The van der Waals surface area contributed by atoms with E-state index in [1.165, 1.54) is 12.1 Å². The number of carbonyl (C=O) groups is 1. The van der Waals surface area contributed by atoms with Gasteiger partial charge < -0.3 is 19.0 Å². The molecule has 0 aliphatic heterocycles. The monoisotopic (exact) mass is 392 g/mol. The van der Waals surface area contributed by atoms with E-state index in [1.54, 1.807) is 61.7 Å². The fraction of sp³-hybridized carbons (Fsp3) is 0.0870. The fourth-order valence-corrected chi connectivity index (χ4v) is 3.12. The van der Waals surface area contributed by atoms with E-state index in [2.05, 4.69) is 0 Å². The van der Waals surface area contributed by atoms with Crippen molar-refractivity contribution in [1.29, 1.82) is 0 Å². The lowest BCUT2D eigenvalue weighted by atomic mass is 10.1. The SMILES string of the molecule is COc1ccc(-c2oc3ccc(OCc4cccc(F)c4)cc3c2C(=O)O)cc1. The zero-order valence-electron chi connectivity index (χ0n) is 15.5. The fourth-order valence-electron chi connectivity index (χ4n) is 3.12. The Balaban J connectivity index is 1.70. The van der Waals surface area contributed by atoms with Gasteiger partial charge in [-0.05, 0) is 60.2 Å². The third kappa shape index (κ3) is 3.78. The molecule has 0 saturated heterocycles. The van der Waals surface area contributed by atoms with Gasteiger partial charge in [-0.15, -0.1) is 0 Å². The minimum atomic E-state index is -1.10. The standard InChI is InChI=1S/C23H17FO5/c1-27-17-7-5-15(6-8-17)22-21(23(25)26)19-12-18(9-10-20(19)29-22)28-13-14-3-2-4-16(24)11-14/h2-12H,13H2,1H3,(H,25,26). The molecule has 146 valence electrons. The second kappa shape index (κ2) is 7.67. The molecule has 0 atom stereocenters. The number of halogens is 1. The average Bonchev–Trinajstić information content (AvgIpc) is 3.11. The van der Waals surface area contributed by atoms with Crippen molar-refractivity contribution in [2.75, 3.05) is 7.11 Å². The molecular formula is C23H17FO5. The molecule has 5 nitrogen and oxygen atoms in total. The van der Waals surface area contributed by atoms with E-state index >= 15 is 0 Å². The molecule has 29 heavy (non-hydrogen) atoms. The molecule has 1 heterocycles. The molecule has 1 aromatic heterocycles.